The Morgan fingerprint density at radius 2 is 1.80 bits per heavy atom. The van der Waals surface area contributed by atoms with Crippen molar-refractivity contribution in [1.29, 1.82) is 0 Å². The topological polar surface area (TPSA) is 89.3 Å². The van der Waals surface area contributed by atoms with Crippen molar-refractivity contribution in [2.45, 2.75) is 43.7 Å². The van der Waals surface area contributed by atoms with Gasteiger partial charge in [-0.25, -0.2) is 8.42 Å². The molecule has 1 aliphatic rings. The van der Waals surface area contributed by atoms with E-state index in [2.05, 4.69) is 26.0 Å². The fourth-order valence-electron chi connectivity index (χ4n) is 4.94. The molecule has 8 nitrogen and oxygen atoms in total. The lowest BCUT2D eigenvalue weighted by Gasteiger charge is -2.37. The molecule has 1 unspecified atom stereocenters. The van der Waals surface area contributed by atoms with E-state index in [-0.39, 0.29) is 36.5 Å². The van der Waals surface area contributed by atoms with E-state index >= 15 is 0 Å². The third-order valence-corrected chi connectivity index (χ3v) is 10.1. The highest BCUT2D eigenvalue weighted by atomic mass is 32.2. The Bertz CT molecular complexity index is 1540. The van der Waals surface area contributed by atoms with E-state index in [9.17, 15) is 13.2 Å². The maximum absolute atomic E-state index is 13.9. The summed E-state index contributed by atoms with van der Waals surface area (Å²) in [6, 6.07) is 19.2. The van der Waals surface area contributed by atoms with E-state index in [0.29, 0.717) is 30.4 Å². The van der Waals surface area contributed by atoms with E-state index in [4.69, 9.17) is 13.9 Å². The lowest BCUT2D eigenvalue weighted by molar-refractivity contribution is -0.135. The average molecular weight is 595 g/mol. The second kappa shape index (κ2) is 12.5. The van der Waals surface area contributed by atoms with Crippen LogP contribution in [-0.4, -0.2) is 50.3 Å². The molecule has 10 heteroatoms. The van der Waals surface area contributed by atoms with Crippen LogP contribution < -0.4 is 9.47 Å². The summed E-state index contributed by atoms with van der Waals surface area (Å²) in [5, 5.41) is 2.03. The summed E-state index contributed by atoms with van der Waals surface area (Å²) in [6.45, 7) is 4.61. The van der Waals surface area contributed by atoms with Gasteiger partial charge in [-0.3, -0.25) is 4.79 Å². The highest BCUT2D eigenvalue weighted by molar-refractivity contribution is 7.89. The molecule has 4 aromatic rings. The summed E-state index contributed by atoms with van der Waals surface area (Å²) in [6.07, 6.45) is 2.20. The van der Waals surface area contributed by atoms with Crippen molar-refractivity contribution < 1.29 is 27.1 Å². The standard InChI is InChI=1S/C31H34N2O6S2/c1-22(2)23-6-8-25(9-7-23)39-21-29-28-15-18-40-30(28)14-16-33(29)31(34)20-32(19-26-5-4-17-38-26)41(35,36)27-12-10-24(37-3)11-13-27/h4-13,15,17-18,22,29H,14,16,19-21H2,1-3H3. The van der Waals surface area contributed by atoms with Crippen LogP contribution in [0.5, 0.6) is 11.5 Å². The molecule has 2 aromatic carbocycles. The van der Waals surface area contributed by atoms with Crippen LogP contribution >= 0.6 is 11.3 Å². The number of methoxy groups -OCH3 is 1. The first-order chi connectivity index (χ1) is 19.8. The minimum Gasteiger partial charge on any atom is -0.497 e. The Kier molecular flexibility index (Phi) is 8.82. The van der Waals surface area contributed by atoms with Crippen molar-refractivity contribution >= 4 is 27.3 Å². The van der Waals surface area contributed by atoms with Crippen molar-refractivity contribution in [3.8, 4) is 11.5 Å². The highest BCUT2D eigenvalue weighted by Gasteiger charge is 2.35. The minimum atomic E-state index is -4.03. The molecule has 0 radical (unpaired) electrons. The van der Waals surface area contributed by atoms with Gasteiger partial charge in [-0.2, -0.15) is 4.31 Å². The maximum Gasteiger partial charge on any atom is 0.243 e. The molecule has 5 rings (SSSR count). The van der Waals surface area contributed by atoms with Crippen LogP contribution in [0.1, 0.15) is 47.6 Å². The second-order valence-electron chi connectivity index (χ2n) is 10.2. The molecular weight excluding hydrogens is 560 g/mol. The van der Waals surface area contributed by atoms with Gasteiger partial charge in [0.1, 0.15) is 23.9 Å². The van der Waals surface area contributed by atoms with Crippen molar-refractivity contribution in [2.24, 2.45) is 0 Å². The first-order valence-electron chi connectivity index (χ1n) is 13.5. The molecule has 0 saturated heterocycles. The third kappa shape index (κ3) is 6.50. The number of carbonyl (C=O) groups is 1. The molecule has 0 saturated carbocycles. The van der Waals surface area contributed by atoms with Crippen LogP contribution in [0.3, 0.4) is 0 Å². The first-order valence-corrected chi connectivity index (χ1v) is 15.8. The molecule has 1 amide bonds. The monoisotopic (exact) mass is 594 g/mol. The molecule has 0 spiro atoms. The SMILES string of the molecule is COc1ccc(S(=O)(=O)N(CC(=O)N2CCc3sccc3C2COc2ccc(C(C)C)cc2)Cc2ccco2)cc1. The minimum absolute atomic E-state index is 0.0705. The number of carbonyl (C=O) groups excluding carboxylic acids is 1. The van der Waals surface area contributed by atoms with Gasteiger partial charge in [0.15, 0.2) is 0 Å². The summed E-state index contributed by atoms with van der Waals surface area (Å²) in [5.41, 5.74) is 2.27. The summed E-state index contributed by atoms with van der Waals surface area (Å²) in [5.74, 6) is 1.83. The zero-order valence-corrected chi connectivity index (χ0v) is 25.0. The summed E-state index contributed by atoms with van der Waals surface area (Å²) in [4.78, 5) is 16.9. The van der Waals surface area contributed by atoms with Crippen LogP contribution in [-0.2, 0) is 27.8 Å². The van der Waals surface area contributed by atoms with Gasteiger partial charge in [0.25, 0.3) is 0 Å². The average Bonchev–Trinajstić information content (AvgIpc) is 3.68. The van der Waals surface area contributed by atoms with Crippen LogP contribution in [0.4, 0.5) is 0 Å². The number of rotatable bonds is 11. The van der Waals surface area contributed by atoms with Gasteiger partial charge in [0.05, 0.1) is 37.4 Å². The summed E-state index contributed by atoms with van der Waals surface area (Å²) in [7, 11) is -2.51. The van der Waals surface area contributed by atoms with Crippen molar-refractivity contribution in [3.63, 3.8) is 0 Å². The second-order valence-corrected chi connectivity index (χ2v) is 13.2. The van der Waals surface area contributed by atoms with Gasteiger partial charge in [-0.05, 0) is 83.4 Å². The fraction of sp³-hybridized carbons (Fsp3) is 0.323. The molecule has 1 atom stereocenters. The maximum atomic E-state index is 13.9. The van der Waals surface area contributed by atoms with Gasteiger partial charge in [-0.15, -0.1) is 11.3 Å². The van der Waals surface area contributed by atoms with E-state index in [1.54, 1.807) is 40.5 Å². The van der Waals surface area contributed by atoms with Gasteiger partial charge in [-0.1, -0.05) is 26.0 Å². The van der Waals surface area contributed by atoms with Crippen LogP contribution in [0.2, 0.25) is 0 Å². The molecule has 0 aliphatic carbocycles. The molecule has 0 bridgehead atoms. The van der Waals surface area contributed by atoms with E-state index in [0.717, 1.165) is 11.3 Å². The Balaban J connectivity index is 1.38. The number of hydrogen-bond acceptors (Lipinski definition) is 7. The number of furan rings is 1. The van der Waals surface area contributed by atoms with Gasteiger partial charge in [0.2, 0.25) is 15.9 Å². The van der Waals surface area contributed by atoms with Crippen LogP contribution in [0.15, 0.2) is 87.7 Å². The zero-order chi connectivity index (χ0) is 29.0. The normalized spacial score (nSPS) is 15.2. The van der Waals surface area contributed by atoms with Crippen LogP contribution in [0, 0.1) is 0 Å². The van der Waals surface area contributed by atoms with Gasteiger partial charge < -0.3 is 18.8 Å². The molecular formula is C31H34N2O6S2. The Morgan fingerprint density at radius 3 is 2.46 bits per heavy atom. The summed E-state index contributed by atoms with van der Waals surface area (Å²) >= 11 is 1.67. The lowest BCUT2D eigenvalue weighted by Crippen LogP contribution is -2.47. The van der Waals surface area contributed by atoms with E-state index in [1.807, 2.05) is 23.6 Å². The summed E-state index contributed by atoms with van der Waals surface area (Å²) < 4.78 is 45.5. The number of fused-ring (bicyclic) bond motifs is 1. The van der Waals surface area contributed by atoms with E-state index in [1.165, 1.54) is 40.3 Å². The quantitative estimate of drug-likeness (QED) is 0.216. The molecule has 3 heterocycles. The van der Waals surface area contributed by atoms with E-state index < -0.39 is 10.0 Å². The number of ether oxygens (including phenoxy) is 2. The zero-order valence-electron chi connectivity index (χ0n) is 23.4. The van der Waals surface area contributed by atoms with Crippen molar-refractivity contribution in [1.82, 2.24) is 9.21 Å². The lowest BCUT2D eigenvalue weighted by atomic mass is 10.0. The number of amides is 1. The Hall–Kier alpha value is -3.60. The molecule has 216 valence electrons. The Labute approximate surface area is 245 Å². The molecule has 1 aliphatic heterocycles. The number of benzene rings is 2. The Morgan fingerprint density at radius 1 is 1.07 bits per heavy atom. The fourth-order valence-corrected chi connectivity index (χ4v) is 7.22. The molecule has 2 aromatic heterocycles. The predicted molar refractivity (Wildman–Crippen MR) is 158 cm³/mol. The van der Waals surface area contributed by atoms with Gasteiger partial charge >= 0.3 is 0 Å². The predicted octanol–water partition coefficient (Wildman–Crippen LogP) is 5.87. The van der Waals surface area contributed by atoms with Crippen molar-refractivity contribution in [3.05, 3.63) is 100 Å². The number of nitrogens with zero attached hydrogens (tertiary/aromatic N) is 2. The molecule has 0 N–H and O–H groups in total. The number of thiophene rings is 1. The molecule has 0 fully saturated rings. The number of hydrogen-bond donors (Lipinski definition) is 0. The van der Waals surface area contributed by atoms with Crippen LogP contribution in [0.25, 0.3) is 0 Å². The largest absolute Gasteiger partial charge is 0.497 e. The molecule has 41 heavy (non-hydrogen) atoms. The van der Waals surface area contributed by atoms with Crippen molar-refractivity contribution in [2.75, 3.05) is 26.8 Å². The first kappa shape index (κ1) is 28.9. The highest BCUT2D eigenvalue weighted by Crippen LogP contribution is 2.34. The van der Waals surface area contributed by atoms with Gasteiger partial charge in [0, 0.05) is 11.4 Å². The third-order valence-electron chi connectivity index (χ3n) is 7.29. The number of sulfonamides is 1. The smallest absolute Gasteiger partial charge is 0.243 e.